The molecule has 0 spiro atoms. The highest BCUT2D eigenvalue weighted by molar-refractivity contribution is 8.00. The summed E-state index contributed by atoms with van der Waals surface area (Å²) in [6, 6.07) is 0. The van der Waals surface area contributed by atoms with E-state index in [1.165, 1.54) is 6.20 Å². The third-order valence-electron chi connectivity index (χ3n) is 2.52. The molecule has 1 unspecified atom stereocenters. The fourth-order valence-corrected chi connectivity index (χ4v) is 2.80. The van der Waals surface area contributed by atoms with E-state index in [-0.39, 0.29) is 5.91 Å². The third-order valence-corrected chi connectivity index (χ3v) is 3.89. The molecule has 1 aliphatic heterocycles. The first-order valence-corrected chi connectivity index (χ1v) is 6.12. The minimum Gasteiger partial charge on any atom is -0.335 e. The van der Waals surface area contributed by atoms with Crippen molar-refractivity contribution in [3.05, 3.63) is 11.9 Å². The van der Waals surface area contributed by atoms with E-state index < -0.39 is 0 Å². The maximum absolute atomic E-state index is 11.9. The average Bonchev–Trinajstić information content (AvgIpc) is 2.81. The second kappa shape index (κ2) is 4.65. The Bertz CT molecular complexity index is 327. The Labute approximate surface area is 92.6 Å². The summed E-state index contributed by atoms with van der Waals surface area (Å²) in [5.74, 6) is 1.00. The molecule has 1 atom stereocenters. The van der Waals surface area contributed by atoms with Crippen molar-refractivity contribution in [2.75, 3.05) is 18.8 Å². The number of aromatic amines is 1. The standard InChI is InChI=1S/C9H14N4OS/c1-2-7-6-13(3-4-15-7)9(14)8-5-10-12-11-8/h5,7H,2-4,6H2,1H3,(H,10,11,12). The number of hydrogen-bond donors (Lipinski definition) is 1. The lowest BCUT2D eigenvalue weighted by atomic mass is 10.2. The van der Waals surface area contributed by atoms with Crippen LogP contribution in [-0.2, 0) is 0 Å². The zero-order chi connectivity index (χ0) is 10.7. The molecule has 2 rings (SSSR count). The number of H-pyrrole nitrogens is 1. The molecule has 0 aromatic carbocycles. The van der Waals surface area contributed by atoms with Gasteiger partial charge in [0, 0.05) is 24.1 Å². The van der Waals surface area contributed by atoms with Crippen molar-refractivity contribution >= 4 is 17.7 Å². The number of amides is 1. The molecule has 1 N–H and O–H groups in total. The molecule has 0 bridgehead atoms. The number of rotatable bonds is 2. The van der Waals surface area contributed by atoms with Crippen LogP contribution in [0.3, 0.4) is 0 Å². The minimum absolute atomic E-state index is 0.0116. The van der Waals surface area contributed by atoms with Crippen molar-refractivity contribution in [2.24, 2.45) is 0 Å². The summed E-state index contributed by atoms with van der Waals surface area (Å²) in [6.07, 6.45) is 2.58. The quantitative estimate of drug-likeness (QED) is 0.809. The van der Waals surface area contributed by atoms with Crippen LogP contribution in [-0.4, -0.2) is 50.3 Å². The van der Waals surface area contributed by atoms with E-state index in [2.05, 4.69) is 22.3 Å². The van der Waals surface area contributed by atoms with E-state index in [1.807, 2.05) is 16.7 Å². The van der Waals surface area contributed by atoms with Gasteiger partial charge in [-0.2, -0.15) is 27.2 Å². The van der Waals surface area contributed by atoms with Gasteiger partial charge in [0.2, 0.25) is 0 Å². The third kappa shape index (κ3) is 2.31. The molecule has 2 heterocycles. The van der Waals surface area contributed by atoms with Gasteiger partial charge in [0.25, 0.3) is 5.91 Å². The summed E-state index contributed by atoms with van der Waals surface area (Å²) in [7, 11) is 0. The Kier molecular flexibility index (Phi) is 3.25. The van der Waals surface area contributed by atoms with E-state index in [0.717, 1.165) is 25.3 Å². The lowest BCUT2D eigenvalue weighted by molar-refractivity contribution is 0.0755. The van der Waals surface area contributed by atoms with Crippen LogP contribution in [0.5, 0.6) is 0 Å². The number of hydrogen-bond acceptors (Lipinski definition) is 4. The number of thioether (sulfide) groups is 1. The first-order chi connectivity index (χ1) is 7.31. The number of nitrogens with zero attached hydrogens (tertiary/aromatic N) is 3. The van der Waals surface area contributed by atoms with Crippen LogP contribution < -0.4 is 0 Å². The maximum atomic E-state index is 11.9. The first kappa shape index (κ1) is 10.5. The molecule has 0 aliphatic carbocycles. The lowest BCUT2D eigenvalue weighted by Crippen LogP contribution is -2.41. The van der Waals surface area contributed by atoms with Gasteiger partial charge in [-0.05, 0) is 6.42 Å². The molecule has 6 heteroatoms. The highest BCUT2D eigenvalue weighted by Crippen LogP contribution is 2.21. The molecule has 1 aliphatic rings. The van der Waals surface area contributed by atoms with E-state index in [0.29, 0.717) is 10.9 Å². The topological polar surface area (TPSA) is 61.9 Å². The SMILES string of the molecule is CCC1CN(C(=O)c2cn[nH]n2)CCS1. The highest BCUT2D eigenvalue weighted by atomic mass is 32.2. The molecule has 15 heavy (non-hydrogen) atoms. The van der Waals surface area contributed by atoms with Crippen molar-refractivity contribution in [3.8, 4) is 0 Å². The van der Waals surface area contributed by atoms with Gasteiger partial charge in [0.1, 0.15) is 0 Å². The van der Waals surface area contributed by atoms with Crippen molar-refractivity contribution in [1.29, 1.82) is 0 Å². The van der Waals surface area contributed by atoms with Crippen molar-refractivity contribution in [3.63, 3.8) is 0 Å². The van der Waals surface area contributed by atoms with Gasteiger partial charge in [-0.3, -0.25) is 4.79 Å². The highest BCUT2D eigenvalue weighted by Gasteiger charge is 2.24. The smallest absolute Gasteiger partial charge is 0.276 e. The predicted molar refractivity (Wildman–Crippen MR) is 58.8 cm³/mol. The van der Waals surface area contributed by atoms with Gasteiger partial charge in [-0.25, -0.2) is 0 Å². The Morgan fingerprint density at radius 3 is 3.33 bits per heavy atom. The van der Waals surface area contributed by atoms with Crippen LogP contribution in [0, 0.1) is 0 Å². The molecular formula is C9H14N4OS. The van der Waals surface area contributed by atoms with Crippen LogP contribution in [0.25, 0.3) is 0 Å². The zero-order valence-corrected chi connectivity index (χ0v) is 9.46. The molecule has 5 nitrogen and oxygen atoms in total. The van der Waals surface area contributed by atoms with E-state index >= 15 is 0 Å². The Hall–Kier alpha value is -1.04. The number of carbonyl (C=O) groups is 1. The molecule has 0 radical (unpaired) electrons. The molecule has 1 fully saturated rings. The molecule has 1 saturated heterocycles. The number of aromatic nitrogens is 3. The van der Waals surface area contributed by atoms with Crippen LogP contribution in [0.4, 0.5) is 0 Å². The van der Waals surface area contributed by atoms with Gasteiger partial charge >= 0.3 is 0 Å². The second-order valence-corrected chi connectivity index (χ2v) is 4.92. The van der Waals surface area contributed by atoms with Gasteiger partial charge in [0.15, 0.2) is 5.69 Å². The van der Waals surface area contributed by atoms with Crippen LogP contribution >= 0.6 is 11.8 Å². The van der Waals surface area contributed by atoms with Gasteiger partial charge < -0.3 is 4.90 Å². The fourth-order valence-electron chi connectivity index (χ4n) is 1.62. The first-order valence-electron chi connectivity index (χ1n) is 5.08. The summed E-state index contributed by atoms with van der Waals surface area (Å²) < 4.78 is 0. The minimum atomic E-state index is -0.0116. The van der Waals surface area contributed by atoms with Crippen molar-refractivity contribution < 1.29 is 4.79 Å². The fraction of sp³-hybridized carbons (Fsp3) is 0.667. The van der Waals surface area contributed by atoms with Crippen LogP contribution in [0.1, 0.15) is 23.8 Å². The van der Waals surface area contributed by atoms with E-state index in [1.54, 1.807) is 0 Å². The van der Waals surface area contributed by atoms with Gasteiger partial charge in [-0.15, -0.1) is 0 Å². The summed E-state index contributed by atoms with van der Waals surface area (Å²) in [5.41, 5.74) is 0.414. The Morgan fingerprint density at radius 1 is 1.80 bits per heavy atom. The average molecular weight is 226 g/mol. The van der Waals surface area contributed by atoms with Crippen LogP contribution in [0.2, 0.25) is 0 Å². The van der Waals surface area contributed by atoms with E-state index in [4.69, 9.17) is 0 Å². The molecular weight excluding hydrogens is 212 g/mol. The van der Waals surface area contributed by atoms with Gasteiger partial charge in [0.05, 0.1) is 6.20 Å². The summed E-state index contributed by atoms with van der Waals surface area (Å²) >= 11 is 1.94. The summed E-state index contributed by atoms with van der Waals surface area (Å²) in [4.78, 5) is 13.8. The van der Waals surface area contributed by atoms with Crippen molar-refractivity contribution in [2.45, 2.75) is 18.6 Å². The maximum Gasteiger partial charge on any atom is 0.276 e. The van der Waals surface area contributed by atoms with Crippen LogP contribution in [0.15, 0.2) is 6.20 Å². The second-order valence-electron chi connectivity index (χ2n) is 3.51. The summed E-state index contributed by atoms with van der Waals surface area (Å²) in [6.45, 7) is 3.79. The number of carbonyl (C=O) groups excluding carboxylic acids is 1. The number of nitrogens with one attached hydrogen (secondary N) is 1. The Balaban J connectivity index is 2.01. The predicted octanol–water partition coefficient (Wildman–Crippen LogP) is 0.772. The Morgan fingerprint density at radius 2 is 2.67 bits per heavy atom. The molecule has 1 aromatic heterocycles. The molecule has 0 saturated carbocycles. The molecule has 82 valence electrons. The zero-order valence-electron chi connectivity index (χ0n) is 8.64. The lowest BCUT2D eigenvalue weighted by Gasteiger charge is -2.31. The molecule has 1 amide bonds. The molecule has 1 aromatic rings. The normalized spacial score (nSPS) is 21.7. The largest absolute Gasteiger partial charge is 0.335 e. The van der Waals surface area contributed by atoms with Gasteiger partial charge in [-0.1, -0.05) is 6.92 Å². The summed E-state index contributed by atoms with van der Waals surface area (Å²) in [5, 5.41) is 10.5. The monoisotopic (exact) mass is 226 g/mol. The van der Waals surface area contributed by atoms with E-state index in [9.17, 15) is 4.79 Å². The van der Waals surface area contributed by atoms with Crippen molar-refractivity contribution in [1.82, 2.24) is 20.3 Å².